The van der Waals surface area contributed by atoms with Gasteiger partial charge in [-0.2, -0.15) is 0 Å². The number of morpholine rings is 1. The highest BCUT2D eigenvalue weighted by Crippen LogP contribution is 2.21. The first kappa shape index (κ1) is 17.4. The van der Waals surface area contributed by atoms with Gasteiger partial charge in [0.05, 0.1) is 30.1 Å². The third-order valence-electron chi connectivity index (χ3n) is 3.65. The molecule has 0 spiro atoms. The van der Waals surface area contributed by atoms with Crippen molar-refractivity contribution in [2.24, 2.45) is 0 Å². The quantitative estimate of drug-likeness (QED) is 0.882. The predicted octanol–water partition coefficient (Wildman–Crippen LogP) is 2.73. The number of ether oxygens (including phenoxy) is 2. The van der Waals surface area contributed by atoms with Gasteiger partial charge in [0, 0.05) is 19.2 Å². The van der Waals surface area contributed by atoms with Gasteiger partial charge in [0.2, 0.25) is 0 Å². The average Bonchev–Trinajstić information content (AvgIpc) is 2.64. The molecule has 1 aliphatic heterocycles. The fraction of sp³-hybridized carbons (Fsp3) is 0.294. The maximum Gasteiger partial charge on any atom is 0.263 e. The van der Waals surface area contributed by atoms with Crippen LogP contribution in [0.5, 0.6) is 5.75 Å². The zero-order chi connectivity index (χ0) is 17.6. The molecule has 0 radical (unpaired) electrons. The minimum absolute atomic E-state index is 0.0572. The molecule has 3 rings (SSSR count). The maximum atomic E-state index is 13.1. The van der Waals surface area contributed by atoms with Gasteiger partial charge in [-0.15, -0.1) is 0 Å². The average molecular weight is 366 g/mol. The second kappa shape index (κ2) is 8.13. The molecule has 25 heavy (non-hydrogen) atoms. The lowest BCUT2D eigenvalue weighted by atomic mass is 10.3. The SMILES string of the molecule is O=C(COc1ccc(F)c(Cl)c1)Nc1ccc(N2CCOCC2)cn1. The molecule has 1 fully saturated rings. The summed E-state index contributed by atoms with van der Waals surface area (Å²) in [5, 5.41) is 2.59. The molecule has 0 bridgehead atoms. The Bertz CT molecular complexity index is 736. The van der Waals surface area contributed by atoms with Crippen LogP contribution >= 0.6 is 11.6 Å². The first-order chi connectivity index (χ1) is 12.1. The summed E-state index contributed by atoms with van der Waals surface area (Å²) < 4.78 is 23.7. The zero-order valence-corrected chi connectivity index (χ0v) is 14.1. The Labute approximate surface area is 149 Å². The molecule has 0 unspecified atom stereocenters. The Morgan fingerprint density at radius 1 is 1.32 bits per heavy atom. The number of carbonyl (C=O) groups excluding carboxylic acids is 1. The van der Waals surface area contributed by atoms with Gasteiger partial charge >= 0.3 is 0 Å². The summed E-state index contributed by atoms with van der Waals surface area (Å²) in [6, 6.07) is 7.54. The van der Waals surface area contributed by atoms with Crippen LogP contribution in [0.15, 0.2) is 36.5 Å². The van der Waals surface area contributed by atoms with Crippen LogP contribution in [0.3, 0.4) is 0 Å². The van der Waals surface area contributed by atoms with E-state index in [1.807, 2.05) is 6.07 Å². The summed E-state index contributed by atoms with van der Waals surface area (Å²) in [6.07, 6.45) is 1.71. The van der Waals surface area contributed by atoms with E-state index in [0.29, 0.717) is 24.8 Å². The predicted molar refractivity (Wildman–Crippen MR) is 92.8 cm³/mol. The van der Waals surface area contributed by atoms with Gasteiger partial charge in [-0.05, 0) is 24.3 Å². The molecule has 6 nitrogen and oxygen atoms in total. The van der Waals surface area contributed by atoms with Crippen LogP contribution in [0.2, 0.25) is 5.02 Å². The number of halogens is 2. The van der Waals surface area contributed by atoms with E-state index in [2.05, 4.69) is 15.2 Å². The third-order valence-corrected chi connectivity index (χ3v) is 3.94. The summed E-state index contributed by atoms with van der Waals surface area (Å²) in [4.78, 5) is 18.3. The van der Waals surface area contributed by atoms with E-state index >= 15 is 0 Å². The van der Waals surface area contributed by atoms with E-state index in [-0.39, 0.29) is 17.5 Å². The molecule has 2 aromatic rings. The molecule has 1 aromatic carbocycles. The van der Waals surface area contributed by atoms with Crippen molar-refractivity contribution in [2.45, 2.75) is 0 Å². The number of benzene rings is 1. The Hall–Kier alpha value is -2.38. The number of pyridine rings is 1. The normalized spacial score (nSPS) is 14.2. The molecule has 0 atom stereocenters. The van der Waals surface area contributed by atoms with Gasteiger partial charge in [-0.3, -0.25) is 4.79 Å². The van der Waals surface area contributed by atoms with E-state index in [9.17, 15) is 9.18 Å². The van der Waals surface area contributed by atoms with Crippen molar-refractivity contribution in [3.8, 4) is 5.75 Å². The number of hydrogen-bond donors (Lipinski definition) is 1. The molecule has 1 amide bonds. The van der Waals surface area contributed by atoms with Crippen LogP contribution < -0.4 is 15.0 Å². The number of carbonyl (C=O) groups is 1. The number of hydrogen-bond acceptors (Lipinski definition) is 5. The van der Waals surface area contributed by atoms with Crippen molar-refractivity contribution in [1.29, 1.82) is 0 Å². The summed E-state index contributed by atoms with van der Waals surface area (Å²) in [7, 11) is 0. The fourth-order valence-electron chi connectivity index (χ4n) is 2.36. The van der Waals surface area contributed by atoms with Crippen molar-refractivity contribution < 1.29 is 18.7 Å². The number of aromatic nitrogens is 1. The fourth-order valence-corrected chi connectivity index (χ4v) is 2.53. The van der Waals surface area contributed by atoms with E-state index < -0.39 is 5.82 Å². The Morgan fingerprint density at radius 2 is 2.12 bits per heavy atom. The van der Waals surface area contributed by atoms with Crippen LogP contribution in [0.4, 0.5) is 15.9 Å². The first-order valence-electron chi connectivity index (χ1n) is 7.78. The standard InChI is InChI=1S/C17H17ClFN3O3/c18-14-9-13(2-3-15(14)19)25-11-17(23)21-16-4-1-12(10-20-16)22-5-7-24-8-6-22/h1-4,9-10H,5-8,11H2,(H,20,21,23). The molecule has 132 valence electrons. The minimum atomic E-state index is -0.539. The van der Waals surface area contributed by atoms with Gasteiger partial charge in [-0.25, -0.2) is 9.37 Å². The Morgan fingerprint density at radius 3 is 2.80 bits per heavy atom. The van der Waals surface area contributed by atoms with Crippen LogP contribution in [-0.2, 0) is 9.53 Å². The summed E-state index contributed by atoms with van der Waals surface area (Å²) in [6.45, 7) is 2.81. The molecule has 8 heteroatoms. The molecule has 1 N–H and O–H groups in total. The van der Waals surface area contributed by atoms with E-state index in [0.717, 1.165) is 18.8 Å². The monoisotopic (exact) mass is 365 g/mol. The highest BCUT2D eigenvalue weighted by molar-refractivity contribution is 6.30. The Balaban J connectivity index is 1.51. The number of amides is 1. The number of anilines is 2. The van der Waals surface area contributed by atoms with Crippen LogP contribution in [0, 0.1) is 5.82 Å². The van der Waals surface area contributed by atoms with Gasteiger partial charge in [0.15, 0.2) is 6.61 Å². The lowest BCUT2D eigenvalue weighted by molar-refractivity contribution is -0.118. The lowest BCUT2D eigenvalue weighted by Crippen LogP contribution is -2.36. The second-order valence-electron chi connectivity index (χ2n) is 5.41. The molecular weight excluding hydrogens is 349 g/mol. The van der Waals surface area contributed by atoms with E-state index in [4.69, 9.17) is 21.1 Å². The molecule has 2 heterocycles. The van der Waals surface area contributed by atoms with Gasteiger partial charge in [0.25, 0.3) is 5.91 Å². The summed E-state index contributed by atoms with van der Waals surface area (Å²) in [5.74, 6) is -0.157. The first-order valence-corrected chi connectivity index (χ1v) is 8.16. The van der Waals surface area contributed by atoms with Crippen molar-refractivity contribution >= 4 is 29.0 Å². The molecule has 1 aromatic heterocycles. The van der Waals surface area contributed by atoms with Crippen LogP contribution in [-0.4, -0.2) is 43.8 Å². The largest absolute Gasteiger partial charge is 0.484 e. The van der Waals surface area contributed by atoms with Crippen molar-refractivity contribution in [3.05, 3.63) is 47.4 Å². The molecule has 0 aliphatic carbocycles. The second-order valence-corrected chi connectivity index (χ2v) is 5.82. The van der Waals surface area contributed by atoms with E-state index in [1.165, 1.54) is 18.2 Å². The molecule has 0 saturated carbocycles. The highest BCUT2D eigenvalue weighted by atomic mass is 35.5. The van der Waals surface area contributed by atoms with Crippen molar-refractivity contribution in [3.63, 3.8) is 0 Å². The number of nitrogens with one attached hydrogen (secondary N) is 1. The van der Waals surface area contributed by atoms with E-state index in [1.54, 1.807) is 12.3 Å². The van der Waals surface area contributed by atoms with Crippen LogP contribution in [0.25, 0.3) is 0 Å². The van der Waals surface area contributed by atoms with Crippen molar-refractivity contribution in [1.82, 2.24) is 4.98 Å². The minimum Gasteiger partial charge on any atom is -0.484 e. The topological polar surface area (TPSA) is 63.7 Å². The Kier molecular flexibility index (Phi) is 5.67. The van der Waals surface area contributed by atoms with Crippen LogP contribution in [0.1, 0.15) is 0 Å². The third kappa shape index (κ3) is 4.80. The number of rotatable bonds is 5. The van der Waals surface area contributed by atoms with Gasteiger partial charge < -0.3 is 19.7 Å². The molecular formula is C17H17ClFN3O3. The lowest BCUT2D eigenvalue weighted by Gasteiger charge is -2.28. The zero-order valence-electron chi connectivity index (χ0n) is 13.4. The summed E-state index contributed by atoms with van der Waals surface area (Å²) >= 11 is 5.66. The van der Waals surface area contributed by atoms with Gasteiger partial charge in [0.1, 0.15) is 17.4 Å². The van der Waals surface area contributed by atoms with Crippen molar-refractivity contribution in [2.75, 3.05) is 43.1 Å². The highest BCUT2D eigenvalue weighted by Gasteiger charge is 2.12. The maximum absolute atomic E-state index is 13.1. The van der Waals surface area contributed by atoms with Gasteiger partial charge in [-0.1, -0.05) is 11.6 Å². The molecule has 1 aliphatic rings. The smallest absolute Gasteiger partial charge is 0.263 e. The molecule has 1 saturated heterocycles. The number of nitrogens with zero attached hydrogens (tertiary/aromatic N) is 2. The summed E-state index contributed by atoms with van der Waals surface area (Å²) in [5.41, 5.74) is 0.985.